The number of halogens is 3. The lowest BCUT2D eigenvalue weighted by molar-refractivity contribution is 1.19. The highest BCUT2D eigenvalue weighted by Crippen LogP contribution is 2.43. The number of thiophene rings is 2. The summed E-state index contributed by atoms with van der Waals surface area (Å²) >= 11 is 12.9. The van der Waals surface area contributed by atoms with Gasteiger partial charge in [-0.15, -0.1) is 22.7 Å². The van der Waals surface area contributed by atoms with E-state index in [0.717, 1.165) is 8.95 Å². The fourth-order valence-corrected chi connectivity index (χ4v) is 11.0. The average Bonchev–Trinajstić information content (AvgIpc) is 3.99. The second-order valence-electron chi connectivity index (χ2n) is 13.3. The number of H-pyrrole nitrogens is 1. The van der Waals surface area contributed by atoms with Gasteiger partial charge in [-0.25, -0.2) is 0 Å². The molecule has 0 unspecified atom stereocenters. The fourth-order valence-electron chi connectivity index (χ4n) is 7.62. The van der Waals surface area contributed by atoms with Gasteiger partial charge >= 0.3 is 0 Å². The average molecular weight is 985 g/mol. The van der Waals surface area contributed by atoms with E-state index in [9.17, 15) is 0 Å². The molecule has 7 heteroatoms. The molecule has 0 saturated carbocycles. The normalized spacial score (nSPS) is 11.5. The second kappa shape index (κ2) is 14.5. The van der Waals surface area contributed by atoms with Gasteiger partial charge < -0.3 is 9.55 Å². The molecule has 0 aliphatic carbocycles. The standard InChI is InChI=1S/C24H14BrNS.C18H11NS.C6H4BrI/c25-15-9-11-16(12-10-15)26-21-7-3-1-5-17(21)19-13-14-20-18-6-2-4-8-22(18)27-24(20)23(19)26;1-3-7-15-11(5-1)13-9-10-14-12-6-2-4-8-16(12)20-18(14)17(13)19-15;7-5-1-3-6(8)4-2-5/h1-14H;1-10,19H;1-4H. The molecule has 0 spiro atoms. The number of nitrogens with zero attached hydrogens (tertiary/aromatic N) is 1. The van der Waals surface area contributed by atoms with Gasteiger partial charge in [0.15, 0.2) is 0 Å². The number of aromatic amines is 1. The summed E-state index contributed by atoms with van der Waals surface area (Å²) in [5.74, 6) is 0. The van der Waals surface area contributed by atoms with E-state index < -0.39 is 0 Å². The van der Waals surface area contributed by atoms with E-state index in [-0.39, 0.29) is 0 Å². The zero-order valence-corrected chi connectivity index (χ0v) is 36.0. The van der Waals surface area contributed by atoms with Crippen LogP contribution in [0.15, 0.2) is 179 Å². The highest BCUT2D eigenvalue weighted by Gasteiger charge is 2.17. The molecule has 4 heterocycles. The Labute approximate surface area is 355 Å². The Morgan fingerprint density at radius 3 is 1.62 bits per heavy atom. The maximum absolute atomic E-state index is 3.59. The predicted octanol–water partition coefficient (Wildman–Crippen LogP) is 16.7. The van der Waals surface area contributed by atoms with Crippen LogP contribution in [0.5, 0.6) is 0 Å². The maximum atomic E-state index is 3.59. The van der Waals surface area contributed by atoms with Gasteiger partial charge in [0, 0.05) is 76.2 Å². The molecule has 4 aromatic heterocycles. The van der Waals surface area contributed by atoms with Crippen molar-refractivity contribution in [3.05, 3.63) is 182 Å². The Morgan fingerprint density at radius 1 is 0.436 bits per heavy atom. The molecule has 55 heavy (non-hydrogen) atoms. The van der Waals surface area contributed by atoms with E-state index >= 15 is 0 Å². The first-order chi connectivity index (χ1) is 27.0. The molecule has 0 aliphatic rings. The van der Waals surface area contributed by atoms with Crippen molar-refractivity contribution in [2.45, 2.75) is 0 Å². The smallest absolute Gasteiger partial charge is 0.0719 e. The molecule has 0 aliphatic heterocycles. The zero-order valence-electron chi connectivity index (χ0n) is 29.1. The quantitative estimate of drug-likeness (QED) is 0.158. The van der Waals surface area contributed by atoms with E-state index in [0.29, 0.717) is 0 Å². The Bertz CT molecular complexity index is 3250. The zero-order chi connectivity index (χ0) is 37.0. The minimum Gasteiger partial charge on any atom is -0.353 e. The summed E-state index contributed by atoms with van der Waals surface area (Å²) in [7, 11) is 0. The van der Waals surface area contributed by atoms with E-state index in [1.807, 2.05) is 34.8 Å². The van der Waals surface area contributed by atoms with Gasteiger partial charge in [-0.05, 0) is 95.4 Å². The number of nitrogens with one attached hydrogen (secondary N) is 1. The van der Waals surface area contributed by atoms with E-state index in [4.69, 9.17) is 0 Å². The number of rotatable bonds is 1. The van der Waals surface area contributed by atoms with Crippen LogP contribution in [0.2, 0.25) is 0 Å². The summed E-state index contributed by atoms with van der Waals surface area (Å²) in [6.07, 6.45) is 0. The number of fused-ring (bicyclic) bond motifs is 14. The van der Waals surface area contributed by atoms with Crippen LogP contribution in [0.4, 0.5) is 0 Å². The van der Waals surface area contributed by atoms with Crippen LogP contribution < -0.4 is 0 Å². The summed E-state index contributed by atoms with van der Waals surface area (Å²) in [5.41, 5.74) is 6.23. The molecule has 1 N–H and O–H groups in total. The molecular weight excluding hydrogens is 955 g/mol. The van der Waals surface area contributed by atoms with Gasteiger partial charge in [-0.3, -0.25) is 0 Å². The van der Waals surface area contributed by atoms with Gasteiger partial charge in [-0.1, -0.05) is 129 Å². The molecule has 0 atom stereocenters. The van der Waals surface area contributed by atoms with Crippen LogP contribution in [0, 0.1) is 3.57 Å². The fraction of sp³-hybridized carbons (Fsp3) is 0. The van der Waals surface area contributed by atoms with Gasteiger partial charge in [0.05, 0.1) is 25.9 Å². The SMILES string of the molecule is Brc1ccc(-n2c3ccccc3c3ccc4c5ccccc5sc4c32)cc1.Brc1ccc(I)cc1.c1ccc2c(c1)[nH]c1c2ccc2c3ccccc3sc21. The van der Waals surface area contributed by atoms with E-state index in [1.54, 1.807) is 0 Å². The van der Waals surface area contributed by atoms with Crippen molar-refractivity contribution in [1.82, 2.24) is 9.55 Å². The molecule has 2 nitrogen and oxygen atoms in total. The minimum absolute atomic E-state index is 1.10. The Morgan fingerprint density at radius 2 is 0.945 bits per heavy atom. The lowest BCUT2D eigenvalue weighted by atomic mass is 10.1. The maximum Gasteiger partial charge on any atom is 0.0719 e. The van der Waals surface area contributed by atoms with Gasteiger partial charge in [0.2, 0.25) is 0 Å². The Kier molecular flexibility index (Phi) is 9.23. The summed E-state index contributed by atoms with van der Waals surface area (Å²) < 4.78 is 11.3. The number of hydrogen-bond donors (Lipinski definition) is 1. The molecule has 0 bridgehead atoms. The van der Waals surface area contributed by atoms with Gasteiger partial charge in [0.25, 0.3) is 0 Å². The molecule has 264 valence electrons. The largest absolute Gasteiger partial charge is 0.353 e. The highest BCUT2D eigenvalue weighted by atomic mass is 127. The second-order valence-corrected chi connectivity index (χ2v) is 18.5. The lowest BCUT2D eigenvalue weighted by Crippen LogP contribution is -1.93. The van der Waals surface area contributed by atoms with Crippen molar-refractivity contribution in [1.29, 1.82) is 0 Å². The molecule has 0 radical (unpaired) electrons. The lowest BCUT2D eigenvalue weighted by Gasteiger charge is -2.08. The van der Waals surface area contributed by atoms with Crippen molar-refractivity contribution in [3.63, 3.8) is 0 Å². The predicted molar refractivity (Wildman–Crippen MR) is 257 cm³/mol. The van der Waals surface area contributed by atoms with Crippen LogP contribution in [0.25, 0.3) is 89.6 Å². The van der Waals surface area contributed by atoms with E-state index in [2.05, 4.69) is 222 Å². The molecule has 12 rings (SSSR count). The summed E-state index contributed by atoms with van der Waals surface area (Å²) in [6, 6.07) is 60.4. The number of para-hydroxylation sites is 2. The van der Waals surface area contributed by atoms with Gasteiger partial charge in [-0.2, -0.15) is 0 Å². The molecule has 8 aromatic carbocycles. The summed E-state index contributed by atoms with van der Waals surface area (Å²) in [4.78, 5) is 3.59. The summed E-state index contributed by atoms with van der Waals surface area (Å²) in [5, 5.41) is 10.6. The van der Waals surface area contributed by atoms with Crippen LogP contribution in [-0.2, 0) is 0 Å². The van der Waals surface area contributed by atoms with Crippen molar-refractivity contribution in [2.24, 2.45) is 0 Å². The van der Waals surface area contributed by atoms with E-state index in [1.165, 1.54) is 93.2 Å². The molecule has 0 saturated heterocycles. The van der Waals surface area contributed by atoms with Crippen LogP contribution in [-0.4, -0.2) is 9.55 Å². The van der Waals surface area contributed by atoms with Crippen LogP contribution in [0.3, 0.4) is 0 Å². The van der Waals surface area contributed by atoms with Crippen molar-refractivity contribution >= 4 is 161 Å². The third-order valence-corrected chi connectivity index (χ3v) is 14.3. The first-order valence-electron chi connectivity index (χ1n) is 17.8. The van der Waals surface area contributed by atoms with Gasteiger partial charge in [0.1, 0.15) is 0 Å². The number of benzene rings is 8. The van der Waals surface area contributed by atoms with Crippen molar-refractivity contribution in [3.8, 4) is 5.69 Å². The molecule has 12 aromatic rings. The highest BCUT2D eigenvalue weighted by molar-refractivity contribution is 14.1. The third-order valence-electron chi connectivity index (χ3n) is 10.1. The van der Waals surface area contributed by atoms with Crippen molar-refractivity contribution in [2.75, 3.05) is 0 Å². The van der Waals surface area contributed by atoms with Crippen molar-refractivity contribution < 1.29 is 0 Å². The first kappa shape index (κ1) is 34.9. The number of hydrogen-bond acceptors (Lipinski definition) is 2. The molecule has 0 amide bonds. The van der Waals surface area contributed by atoms with Crippen LogP contribution >= 0.6 is 77.1 Å². The Balaban J connectivity index is 0.000000116. The topological polar surface area (TPSA) is 20.7 Å². The summed E-state index contributed by atoms with van der Waals surface area (Å²) in [6.45, 7) is 0. The Hall–Kier alpha value is -4.51. The molecule has 0 fully saturated rings. The third kappa shape index (κ3) is 6.26. The monoisotopic (exact) mass is 982 g/mol. The first-order valence-corrected chi connectivity index (χ1v) is 22.1. The molecular formula is C48H29Br2IN2S2. The minimum atomic E-state index is 1.10. The van der Waals surface area contributed by atoms with Crippen LogP contribution in [0.1, 0.15) is 0 Å². The number of aromatic nitrogens is 2.